The Morgan fingerprint density at radius 1 is 1.50 bits per heavy atom. The zero-order valence-corrected chi connectivity index (χ0v) is 11.2. The molecule has 6 heteroatoms. The zero-order chi connectivity index (χ0) is 13.0. The third-order valence-electron chi connectivity index (χ3n) is 2.35. The van der Waals surface area contributed by atoms with Gasteiger partial charge in [0.1, 0.15) is 0 Å². The maximum Gasteiger partial charge on any atom is 0.306 e. The van der Waals surface area contributed by atoms with Gasteiger partial charge in [-0.25, -0.2) is 0 Å². The van der Waals surface area contributed by atoms with Crippen molar-refractivity contribution in [1.29, 1.82) is 0 Å². The standard InChI is InChI=1S/C12H15N3O2S/c1-3-17-11(16)8-9(2)18-12-14-13-10-6-4-5-7-15(10)12/h4-7,9H,3,8H2,1-2H3. The minimum Gasteiger partial charge on any atom is -0.466 e. The first kappa shape index (κ1) is 12.9. The maximum atomic E-state index is 11.4. The Hall–Kier alpha value is -1.56. The van der Waals surface area contributed by atoms with Gasteiger partial charge >= 0.3 is 5.97 Å². The van der Waals surface area contributed by atoms with Crippen LogP contribution in [0.3, 0.4) is 0 Å². The molecule has 5 nitrogen and oxygen atoms in total. The van der Waals surface area contributed by atoms with Crippen molar-refractivity contribution >= 4 is 23.4 Å². The molecule has 2 aromatic heterocycles. The Morgan fingerprint density at radius 3 is 3.11 bits per heavy atom. The van der Waals surface area contributed by atoms with Gasteiger partial charge in [-0.2, -0.15) is 0 Å². The Bertz CT molecular complexity index is 541. The highest BCUT2D eigenvalue weighted by Gasteiger charge is 2.14. The number of nitrogens with zero attached hydrogens (tertiary/aromatic N) is 3. The molecule has 2 rings (SSSR count). The van der Waals surface area contributed by atoms with E-state index in [1.807, 2.05) is 42.6 Å². The van der Waals surface area contributed by atoms with Gasteiger partial charge in [0.05, 0.1) is 13.0 Å². The minimum atomic E-state index is -0.175. The first-order valence-corrected chi connectivity index (χ1v) is 6.70. The van der Waals surface area contributed by atoms with Crippen LogP contribution >= 0.6 is 11.8 Å². The third kappa shape index (κ3) is 3.01. The van der Waals surface area contributed by atoms with Crippen molar-refractivity contribution in [3.8, 4) is 0 Å². The lowest BCUT2D eigenvalue weighted by molar-refractivity contribution is -0.142. The van der Waals surface area contributed by atoms with Gasteiger partial charge in [0, 0.05) is 11.4 Å². The summed E-state index contributed by atoms with van der Waals surface area (Å²) in [5, 5.41) is 9.08. The van der Waals surface area contributed by atoms with Gasteiger partial charge in [0.2, 0.25) is 0 Å². The topological polar surface area (TPSA) is 56.5 Å². The van der Waals surface area contributed by atoms with Crippen molar-refractivity contribution in [3.05, 3.63) is 24.4 Å². The number of pyridine rings is 1. The normalized spacial score (nSPS) is 12.6. The average molecular weight is 265 g/mol. The second-order valence-corrected chi connectivity index (χ2v) is 5.25. The predicted molar refractivity (Wildman–Crippen MR) is 69.6 cm³/mol. The van der Waals surface area contributed by atoms with E-state index in [9.17, 15) is 4.79 Å². The number of thioether (sulfide) groups is 1. The molecule has 96 valence electrons. The van der Waals surface area contributed by atoms with Gasteiger partial charge in [-0.3, -0.25) is 9.20 Å². The van der Waals surface area contributed by atoms with E-state index in [0.29, 0.717) is 13.0 Å². The summed E-state index contributed by atoms with van der Waals surface area (Å²) in [6, 6.07) is 5.74. The highest BCUT2D eigenvalue weighted by molar-refractivity contribution is 7.99. The molecule has 0 spiro atoms. The fourth-order valence-electron chi connectivity index (χ4n) is 1.58. The fourth-order valence-corrected chi connectivity index (χ4v) is 2.51. The van der Waals surface area contributed by atoms with E-state index >= 15 is 0 Å². The molecule has 2 heterocycles. The molecule has 1 unspecified atom stereocenters. The van der Waals surface area contributed by atoms with Crippen LogP contribution in [0.25, 0.3) is 5.65 Å². The van der Waals surface area contributed by atoms with E-state index in [1.165, 1.54) is 11.8 Å². The summed E-state index contributed by atoms with van der Waals surface area (Å²) in [5.74, 6) is -0.175. The monoisotopic (exact) mass is 265 g/mol. The number of esters is 1. The predicted octanol–water partition coefficient (Wildman–Crippen LogP) is 2.16. The number of rotatable bonds is 5. The minimum absolute atomic E-state index is 0.108. The van der Waals surface area contributed by atoms with Gasteiger partial charge in [0.15, 0.2) is 10.8 Å². The lowest BCUT2D eigenvalue weighted by Crippen LogP contribution is -2.11. The van der Waals surface area contributed by atoms with E-state index in [1.54, 1.807) is 0 Å². The number of carbonyl (C=O) groups is 1. The highest BCUT2D eigenvalue weighted by Crippen LogP contribution is 2.24. The molecule has 0 bridgehead atoms. The summed E-state index contributed by atoms with van der Waals surface area (Å²) < 4.78 is 6.83. The molecular formula is C12H15N3O2S. The Kier molecular flexibility index (Phi) is 4.19. The average Bonchev–Trinajstić information content (AvgIpc) is 2.73. The number of fused-ring (bicyclic) bond motifs is 1. The molecule has 18 heavy (non-hydrogen) atoms. The fraction of sp³-hybridized carbons (Fsp3) is 0.417. The van der Waals surface area contributed by atoms with Crippen LogP contribution in [0.1, 0.15) is 20.3 Å². The quantitative estimate of drug-likeness (QED) is 0.612. The lowest BCUT2D eigenvalue weighted by atomic mass is 10.3. The van der Waals surface area contributed by atoms with E-state index in [2.05, 4.69) is 10.2 Å². The molecular weight excluding hydrogens is 250 g/mol. The van der Waals surface area contributed by atoms with Crippen LogP contribution in [-0.4, -0.2) is 32.4 Å². The number of ether oxygens (including phenoxy) is 1. The van der Waals surface area contributed by atoms with Gasteiger partial charge < -0.3 is 4.74 Å². The number of aromatic nitrogens is 3. The molecule has 0 radical (unpaired) electrons. The molecule has 0 N–H and O–H groups in total. The van der Waals surface area contributed by atoms with E-state index in [4.69, 9.17) is 4.74 Å². The van der Waals surface area contributed by atoms with Crippen LogP contribution in [0.5, 0.6) is 0 Å². The summed E-state index contributed by atoms with van der Waals surface area (Å²) >= 11 is 1.52. The molecule has 1 atom stereocenters. The van der Waals surface area contributed by atoms with Crippen molar-refractivity contribution in [1.82, 2.24) is 14.6 Å². The molecule has 0 aliphatic rings. The van der Waals surface area contributed by atoms with Gasteiger partial charge in [-0.05, 0) is 19.1 Å². The number of carbonyl (C=O) groups excluding carboxylic acids is 1. The van der Waals surface area contributed by atoms with E-state index < -0.39 is 0 Å². The molecule has 0 saturated carbocycles. The van der Waals surface area contributed by atoms with Crippen LogP contribution < -0.4 is 0 Å². The van der Waals surface area contributed by atoms with Crippen LogP contribution in [0.15, 0.2) is 29.6 Å². The van der Waals surface area contributed by atoms with Crippen LogP contribution in [0, 0.1) is 0 Å². The SMILES string of the molecule is CCOC(=O)CC(C)Sc1nnc2ccccn12. The van der Waals surface area contributed by atoms with E-state index in [0.717, 1.165) is 10.8 Å². The summed E-state index contributed by atoms with van der Waals surface area (Å²) in [6.07, 6.45) is 2.29. The Labute approximate surface area is 110 Å². The summed E-state index contributed by atoms with van der Waals surface area (Å²) in [7, 11) is 0. The van der Waals surface area contributed by atoms with Crippen molar-refractivity contribution < 1.29 is 9.53 Å². The molecule has 0 aliphatic heterocycles. The Balaban J connectivity index is 2.03. The first-order valence-electron chi connectivity index (χ1n) is 5.82. The van der Waals surface area contributed by atoms with Crippen molar-refractivity contribution in [2.24, 2.45) is 0 Å². The largest absolute Gasteiger partial charge is 0.466 e. The summed E-state index contributed by atoms with van der Waals surface area (Å²) in [4.78, 5) is 11.4. The van der Waals surface area contributed by atoms with Gasteiger partial charge in [0.25, 0.3) is 0 Å². The lowest BCUT2D eigenvalue weighted by Gasteiger charge is -2.08. The smallest absolute Gasteiger partial charge is 0.306 e. The van der Waals surface area contributed by atoms with Crippen molar-refractivity contribution in [3.63, 3.8) is 0 Å². The van der Waals surface area contributed by atoms with Crippen molar-refractivity contribution in [2.75, 3.05) is 6.61 Å². The third-order valence-corrected chi connectivity index (χ3v) is 3.41. The maximum absolute atomic E-state index is 11.4. The van der Waals surface area contributed by atoms with Crippen LogP contribution in [-0.2, 0) is 9.53 Å². The summed E-state index contributed by atoms with van der Waals surface area (Å²) in [5.41, 5.74) is 0.809. The molecule has 0 saturated heterocycles. The molecule has 2 aromatic rings. The molecule has 0 fully saturated rings. The van der Waals surface area contributed by atoms with Crippen LogP contribution in [0.4, 0.5) is 0 Å². The van der Waals surface area contributed by atoms with Gasteiger partial charge in [-0.15, -0.1) is 10.2 Å². The Morgan fingerprint density at radius 2 is 2.33 bits per heavy atom. The van der Waals surface area contributed by atoms with Crippen LogP contribution in [0.2, 0.25) is 0 Å². The number of hydrogen-bond donors (Lipinski definition) is 0. The molecule has 0 amide bonds. The van der Waals surface area contributed by atoms with Crippen molar-refractivity contribution in [2.45, 2.75) is 30.7 Å². The highest BCUT2D eigenvalue weighted by atomic mass is 32.2. The molecule has 0 aromatic carbocycles. The first-order chi connectivity index (χ1) is 8.70. The van der Waals surface area contributed by atoms with Gasteiger partial charge in [-0.1, -0.05) is 24.8 Å². The zero-order valence-electron chi connectivity index (χ0n) is 10.4. The van der Waals surface area contributed by atoms with E-state index in [-0.39, 0.29) is 11.2 Å². The summed E-state index contributed by atoms with van der Waals surface area (Å²) in [6.45, 7) is 4.21. The second-order valence-electron chi connectivity index (χ2n) is 3.85. The second kappa shape index (κ2) is 5.86. The molecule has 0 aliphatic carbocycles. The number of hydrogen-bond acceptors (Lipinski definition) is 5.